The maximum atomic E-state index is 12.2. The van der Waals surface area contributed by atoms with Gasteiger partial charge in [0.2, 0.25) is 0 Å². The van der Waals surface area contributed by atoms with Crippen LogP contribution in [0.25, 0.3) is 10.4 Å². The number of nitrogens with one attached hydrogen (secondary N) is 1. The maximum Gasteiger partial charge on any atom is 0.337 e. The van der Waals surface area contributed by atoms with Crippen LogP contribution >= 0.6 is 11.3 Å². The summed E-state index contributed by atoms with van der Waals surface area (Å²) in [6.45, 7) is 4.95. The van der Waals surface area contributed by atoms with E-state index >= 15 is 0 Å². The van der Waals surface area contributed by atoms with Crippen molar-refractivity contribution in [3.63, 3.8) is 0 Å². The zero-order chi connectivity index (χ0) is 19.8. The molecule has 0 unspecified atom stereocenters. The molecule has 0 atom stereocenters. The molecule has 0 aliphatic heterocycles. The van der Waals surface area contributed by atoms with Crippen LogP contribution in [0.4, 0.5) is 0 Å². The first-order chi connectivity index (χ1) is 12.8. The van der Waals surface area contributed by atoms with Crippen LogP contribution in [0.3, 0.4) is 0 Å². The van der Waals surface area contributed by atoms with E-state index in [1.165, 1.54) is 7.11 Å². The SMILES string of the molecule is CNCc1ccc(C(=O)OC)cc1-c1sc2c(c1C(=O)O)CC(C)(C)CC2. The Morgan fingerprint density at radius 2 is 2.07 bits per heavy atom. The number of carboxylic acids is 1. The van der Waals surface area contributed by atoms with E-state index < -0.39 is 11.9 Å². The Morgan fingerprint density at radius 3 is 2.70 bits per heavy atom. The zero-order valence-electron chi connectivity index (χ0n) is 16.1. The summed E-state index contributed by atoms with van der Waals surface area (Å²) in [5.41, 5.74) is 3.62. The number of hydrogen-bond acceptors (Lipinski definition) is 5. The number of methoxy groups -OCH3 is 1. The van der Waals surface area contributed by atoms with Crippen molar-refractivity contribution >= 4 is 23.3 Å². The lowest BCUT2D eigenvalue weighted by molar-refractivity contribution is 0.0600. The number of benzene rings is 1. The topological polar surface area (TPSA) is 75.6 Å². The van der Waals surface area contributed by atoms with Crippen LogP contribution < -0.4 is 5.32 Å². The van der Waals surface area contributed by atoms with Crippen LogP contribution in [0, 0.1) is 5.41 Å². The van der Waals surface area contributed by atoms with E-state index in [1.807, 2.05) is 13.1 Å². The summed E-state index contributed by atoms with van der Waals surface area (Å²) < 4.78 is 4.85. The van der Waals surface area contributed by atoms with Crippen LogP contribution in [0.1, 0.15) is 57.0 Å². The van der Waals surface area contributed by atoms with Crippen molar-refractivity contribution < 1.29 is 19.4 Å². The lowest BCUT2D eigenvalue weighted by Gasteiger charge is -2.29. The van der Waals surface area contributed by atoms with Gasteiger partial charge < -0.3 is 15.2 Å². The minimum Gasteiger partial charge on any atom is -0.478 e. The smallest absolute Gasteiger partial charge is 0.337 e. The van der Waals surface area contributed by atoms with Gasteiger partial charge in [0.05, 0.1) is 18.2 Å². The molecule has 1 aliphatic carbocycles. The Kier molecular flexibility index (Phi) is 5.40. The standard InChI is InChI=1S/C21H25NO4S/c1-21(2)8-7-16-15(10-21)17(19(23)24)18(27-16)14-9-12(20(25)26-4)5-6-13(14)11-22-3/h5-6,9,22H,7-8,10-11H2,1-4H3,(H,23,24). The summed E-state index contributed by atoms with van der Waals surface area (Å²) in [6, 6.07) is 5.35. The van der Waals surface area contributed by atoms with Crippen molar-refractivity contribution in [2.75, 3.05) is 14.2 Å². The second kappa shape index (κ2) is 7.44. The molecule has 0 radical (unpaired) electrons. The number of aromatic carboxylic acids is 1. The Morgan fingerprint density at radius 1 is 1.33 bits per heavy atom. The van der Waals surface area contributed by atoms with Crippen molar-refractivity contribution in [2.45, 2.75) is 39.7 Å². The molecular weight excluding hydrogens is 362 g/mol. The van der Waals surface area contributed by atoms with Gasteiger partial charge in [0, 0.05) is 16.3 Å². The number of carbonyl (C=O) groups excluding carboxylic acids is 1. The van der Waals surface area contributed by atoms with E-state index in [9.17, 15) is 14.7 Å². The molecule has 6 heteroatoms. The van der Waals surface area contributed by atoms with Gasteiger partial charge in [-0.25, -0.2) is 9.59 Å². The molecule has 5 nitrogen and oxygen atoms in total. The normalized spacial score (nSPS) is 15.3. The molecule has 1 aromatic heterocycles. The minimum absolute atomic E-state index is 0.0945. The average Bonchev–Trinajstić information content (AvgIpc) is 2.99. The first-order valence-corrected chi connectivity index (χ1v) is 9.83. The molecule has 0 bridgehead atoms. The Labute approximate surface area is 163 Å². The van der Waals surface area contributed by atoms with Gasteiger partial charge in [-0.1, -0.05) is 19.9 Å². The molecule has 27 heavy (non-hydrogen) atoms. The number of thiophene rings is 1. The summed E-state index contributed by atoms with van der Waals surface area (Å²) >= 11 is 1.55. The Balaban J connectivity index is 2.23. The number of hydrogen-bond donors (Lipinski definition) is 2. The van der Waals surface area contributed by atoms with Gasteiger partial charge in [0.25, 0.3) is 0 Å². The molecule has 0 amide bonds. The predicted molar refractivity (Wildman–Crippen MR) is 107 cm³/mol. The number of rotatable bonds is 5. The summed E-state index contributed by atoms with van der Waals surface area (Å²) in [4.78, 5) is 26.1. The van der Waals surface area contributed by atoms with Crippen molar-refractivity contribution in [2.24, 2.45) is 5.41 Å². The quantitative estimate of drug-likeness (QED) is 0.755. The van der Waals surface area contributed by atoms with Gasteiger partial charge in [0.15, 0.2) is 0 Å². The highest BCUT2D eigenvalue weighted by atomic mass is 32.1. The highest BCUT2D eigenvalue weighted by Crippen LogP contribution is 2.46. The van der Waals surface area contributed by atoms with Crippen LogP contribution in [0.2, 0.25) is 0 Å². The van der Waals surface area contributed by atoms with Crippen LogP contribution in [0.5, 0.6) is 0 Å². The second-order valence-electron chi connectivity index (χ2n) is 7.75. The highest BCUT2D eigenvalue weighted by Gasteiger charge is 2.33. The first-order valence-electron chi connectivity index (χ1n) is 9.01. The van der Waals surface area contributed by atoms with Gasteiger partial charge in [-0.15, -0.1) is 11.3 Å². The average molecular weight is 388 g/mol. The first kappa shape index (κ1) is 19.6. The molecule has 0 saturated heterocycles. The van der Waals surface area contributed by atoms with Crippen molar-refractivity contribution in [1.82, 2.24) is 5.32 Å². The predicted octanol–water partition coefficient (Wildman–Crippen LogP) is 4.13. The van der Waals surface area contributed by atoms with Gasteiger partial charge in [-0.05, 0) is 60.5 Å². The Hall–Kier alpha value is -2.18. The van der Waals surface area contributed by atoms with Gasteiger partial charge in [-0.3, -0.25) is 0 Å². The second-order valence-corrected chi connectivity index (χ2v) is 8.85. The largest absolute Gasteiger partial charge is 0.478 e. The summed E-state index contributed by atoms with van der Waals surface area (Å²) in [7, 11) is 3.19. The third-order valence-corrected chi connectivity index (χ3v) is 6.46. The molecule has 1 aromatic carbocycles. The molecule has 2 N–H and O–H groups in total. The van der Waals surface area contributed by atoms with Crippen LogP contribution in [-0.2, 0) is 24.1 Å². The lowest BCUT2D eigenvalue weighted by atomic mass is 9.76. The number of ether oxygens (including phenoxy) is 1. The molecule has 1 aliphatic rings. The summed E-state index contributed by atoms with van der Waals surface area (Å²) in [6.07, 6.45) is 2.70. The molecule has 1 heterocycles. The number of carboxylic acid groups (broad SMARTS) is 1. The minimum atomic E-state index is -0.904. The molecule has 0 spiro atoms. The molecule has 144 valence electrons. The summed E-state index contributed by atoms with van der Waals surface area (Å²) in [5.74, 6) is -1.33. The number of aryl methyl sites for hydroxylation is 1. The molecular formula is C21H25NO4S. The van der Waals surface area contributed by atoms with E-state index in [0.29, 0.717) is 17.7 Å². The van der Waals surface area contributed by atoms with E-state index in [4.69, 9.17) is 4.74 Å². The maximum absolute atomic E-state index is 12.2. The van der Waals surface area contributed by atoms with Crippen molar-refractivity contribution in [1.29, 1.82) is 0 Å². The molecule has 0 fully saturated rings. The van der Waals surface area contributed by atoms with Crippen LogP contribution in [-0.4, -0.2) is 31.2 Å². The van der Waals surface area contributed by atoms with Crippen LogP contribution in [0.15, 0.2) is 18.2 Å². The fourth-order valence-corrected chi connectivity index (χ4v) is 5.07. The van der Waals surface area contributed by atoms with Crippen molar-refractivity contribution in [3.05, 3.63) is 45.3 Å². The lowest BCUT2D eigenvalue weighted by Crippen LogP contribution is -2.22. The fraction of sp³-hybridized carbons (Fsp3) is 0.429. The Bertz CT molecular complexity index is 898. The molecule has 3 rings (SSSR count). The van der Waals surface area contributed by atoms with E-state index in [2.05, 4.69) is 19.2 Å². The highest BCUT2D eigenvalue weighted by molar-refractivity contribution is 7.16. The molecule has 2 aromatic rings. The number of carbonyl (C=O) groups is 2. The fourth-order valence-electron chi connectivity index (χ4n) is 3.71. The van der Waals surface area contributed by atoms with Gasteiger partial charge in [-0.2, -0.15) is 0 Å². The van der Waals surface area contributed by atoms with E-state index in [-0.39, 0.29) is 5.41 Å². The van der Waals surface area contributed by atoms with Gasteiger partial charge >= 0.3 is 11.9 Å². The third-order valence-electron chi connectivity index (χ3n) is 5.13. The van der Waals surface area contributed by atoms with E-state index in [0.717, 1.165) is 45.7 Å². The number of esters is 1. The third kappa shape index (κ3) is 3.77. The van der Waals surface area contributed by atoms with E-state index in [1.54, 1.807) is 23.5 Å². The van der Waals surface area contributed by atoms with Crippen molar-refractivity contribution in [3.8, 4) is 10.4 Å². The monoisotopic (exact) mass is 387 g/mol. The summed E-state index contributed by atoms with van der Waals surface area (Å²) in [5, 5.41) is 13.1. The molecule has 0 saturated carbocycles. The van der Waals surface area contributed by atoms with Gasteiger partial charge in [0.1, 0.15) is 0 Å². The zero-order valence-corrected chi connectivity index (χ0v) is 17.0. The number of fused-ring (bicyclic) bond motifs is 1.